The van der Waals surface area contributed by atoms with E-state index in [2.05, 4.69) is 15.3 Å². The zero-order valence-corrected chi connectivity index (χ0v) is 16.6. The van der Waals surface area contributed by atoms with Crippen molar-refractivity contribution in [3.63, 3.8) is 0 Å². The lowest BCUT2D eigenvalue weighted by Crippen LogP contribution is -2.29. The summed E-state index contributed by atoms with van der Waals surface area (Å²) in [6.07, 6.45) is 5.81. The predicted molar refractivity (Wildman–Crippen MR) is 106 cm³/mol. The second-order valence-electron chi connectivity index (χ2n) is 6.55. The van der Waals surface area contributed by atoms with E-state index < -0.39 is 15.1 Å². The number of nitrogens with zero attached hydrogens (tertiary/aromatic N) is 2. The van der Waals surface area contributed by atoms with E-state index in [0.29, 0.717) is 36.6 Å². The molecule has 4 heterocycles. The molecule has 4 rings (SSSR count). The maximum atomic E-state index is 12.7. The Morgan fingerprint density at radius 1 is 1.21 bits per heavy atom. The van der Waals surface area contributed by atoms with Crippen molar-refractivity contribution in [2.24, 2.45) is 0 Å². The summed E-state index contributed by atoms with van der Waals surface area (Å²) in [5, 5.41) is 3.38. The van der Waals surface area contributed by atoms with Gasteiger partial charge in [0.15, 0.2) is 9.84 Å². The van der Waals surface area contributed by atoms with Gasteiger partial charge in [0, 0.05) is 31.8 Å². The van der Waals surface area contributed by atoms with Crippen molar-refractivity contribution >= 4 is 37.2 Å². The fourth-order valence-corrected chi connectivity index (χ4v) is 5.72. The van der Waals surface area contributed by atoms with Crippen molar-refractivity contribution in [3.05, 3.63) is 53.4 Å². The summed E-state index contributed by atoms with van der Waals surface area (Å²) in [6.45, 7) is 1.16. The highest BCUT2D eigenvalue weighted by Crippen LogP contribution is 2.25. The Morgan fingerprint density at radius 3 is 2.75 bits per heavy atom. The minimum Gasteiger partial charge on any atom is -0.381 e. The summed E-state index contributed by atoms with van der Waals surface area (Å²) in [7, 11) is -3.40. The van der Waals surface area contributed by atoms with Gasteiger partial charge in [0.05, 0.1) is 32.0 Å². The van der Waals surface area contributed by atoms with Crippen LogP contribution in [0.25, 0.3) is 10.1 Å². The third kappa shape index (κ3) is 3.91. The number of nitrogens with one attached hydrogen (secondary N) is 1. The molecule has 7 nitrogen and oxygen atoms in total. The number of pyridine rings is 2. The van der Waals surface area contributed by atoms with Crippen LogP contribution >= 0.6 is 11.3 Å². The number of rotatable bonds is 5. The molecule has 1 aliphatic heterocycles. The number of amides is 1. The highest BCUT2D eigenvalue weighted by Gasteiger charge is 2.29. The molecule has 0 aliphatic carbocycles. The van der Waals surface area contributed by atoms with Crippen LogP contribution in [0.1, 0.15) is 28.2 Å². The third-order valence-corrected chi connectivity index (χ3v) is 8.04. The number of carbonyl (C=O) groups is 1. The van der Waals surface area contributed by atoms with E-state index in [1.54, 1.807) is 24.5 Å². The Hall–Kier alpha value is -2.36. The van der Waals surface area contributed by atoms with Crippen LogP contribution in [0.3, 0.4) is 0 Å². The van der Waals surface area contributed by atoms with Gasteiger partial charge in [-0.05, 0) is 42.5 Å². The maximum absolute atomic E-state index is 12.7. The average Bonchev–Trinajstić information content (AvgIpc) is 3.17. The van der Waals surface area contributed by atoms with Crippen molar-refractivity contribution in [1.82, 2.24) is 15.3 Å². The standard InChI is InChI=1S/C19H19N3O4S2/c23-19(17-9-13-3-6-20-12-18(13)27-17)22-10-14-1-2-16(11-21-14)28(24,25)15-4-7-26-8-5-15/h1-3,6,9,11-12,15H,4-5,7-8,10H2,(H,22,23). The topological polar surface area (TPSA) is 98.2 Å². The van der Waals surface area contributed by atoms with Crippen LogP contribution in [0, 0.1) is 0 Å². The van der Waals surface area contributed by atoms with Crippen LogP contribution < -0.4 is 5.32 Å². The van der Waals surface area contributed by atoms with Gasteiger partial charge >= 0.3 is 0 Å². The molecule has 0 bridgehead atoms. The lowest BCUT2D eigenvalue weighted by molar-refractivity contribution is 0.0954. The Kier molecular flexibility index (Phi) is 5.38. The van der Waals surface area contributed by atoms with Gasteiger partial charge in [-0.15, -0.1) is 11.3 Å². The normalized spacial score (nSPS) is 15.6. The molecule has 146 valence electrons. The summed E-state index contributed by atoms with van der Waals surface area (Å²) in [6, 6.07) is 6.89. The molecule has 0 unspecified atom stereocenters. The molecule has 1 saturated heterocycles. The second kappa shape index (κ2) is 7.94. The lowest BCUT2D eigenvalue weighted by Gasteiger charge is -2.22. The quantitative estimate of drug-likeness (QED) is 0.685. The van der Waals surface area contributed by atoms with Crippen molar-refractivity contribution in [2.45, 2.75) is 29.5 Å². The number of sulfone groups is 1. The number of ether oxygens (including phenoxy) is 1. The largest absolute Gasteiger partial charge is 0.381 e. The summed E-state index contributed by atoms with van der Waals surface area (Å²) >= 11 is 1.38. The number of thiophene rings is 1. The van der Waals surface area contributed by atoms with Gasteiger partial charge < -0.3 is 10.1 Å². The van der Waals surface area contributed by atoms with Crippen molar-refractivity contribution in [3.8, 4) is 0 Å². The summed E-state index contributed by atoms with van der Waals surface area (Å²) in [4.78, 5) is 21.4. The number of hydrogen-bond donors (Lipinski definition) is 1. The Morgan fingerprint density at radius 2 is 2.04 bits per heavy atom. The lowest BCUT2D eigenvalue weighted by atomic mass is 10.2. The minimum atomic E-state index is -3.40. The van der Waals surface area contributed by atoms with E-state index in [-0.39, 0.29) is 17.3 Å². The first kappa shape index (κ1) is 19.0. The van der Waals surface area contributed by atoms with E-state index in [9.17, 15) is 13.2 Å². The van der Waals surface area contributed by atoms with Gasteiger partial charge in [0.1, 0.15) is 0 Å². The Labute approximate surface area is 166 Å². The zero-order chi connectivity index (χ0) is 19.6. The highest BCUT2D eigenvalue weighted by molar-refractivity contribution is 7.92. The van der Waals surface area contributed by atoms with E-state index >= 15 is 0 Å². The molecule has 28 heavy (non-hydrogen) atoms. The maximum Gasteiger partial charge on any atom is 0.261 e. The van der Waals surface area contributed by atoms with E-state index in [1.807, 2.05) is 12.1 Å². The first-order chi connectivity index (χ1) is 13.5. The monoisotopic (exact) mass is 417 g/mol. The molecule has 3 aromatic rings. The molecule has 0 atom stereocenters. The molecule has 0 spiro atoms. The van der Waals surface area contributed by atoms with E-state index in [1.165, 1.54) is 17.5 Å². The third-order valence-electron chi connectivity index (χ3n) is 4.71. The fourth-order valence-electron chi connectivity index (χ4n) is 3.12. The molecule has 0 saturated carbocycles. The Bertz CT molecular complexity index is 1050. The SMILES string of the molecule is O=C(NCc1ccc(S(=O)(=O)C2CCOCC2)cn1)c1cc2ccncc2s1. The van der Waals surface area contributed by atoms with E-state index in [4.69, 9.17) is 4.74 Å². The molecule has 1 aliphatic rings. The number of carbonyl (C=O) groups excluding carboxylic acids is 1. The zero-order valence-electron chi connectivity index (χ0n) is 15.0. The first-order valence-electron chi connectivity index (χ1n) is 8.92. The van der Waals surface area contributed by atoms with Gasteiger partial charge in [-0.2, -0.15) is 0 Å². The molecule has 9 heteroatoms. The number of hydrogen-bond acceptors (Lipinski definition) is 7. The van der Waals surface area contributed by atoms with Crippen LogP contribution in [0.5, 0.6) is 0 Å². The van der Waals surface area contributed by atoms with Gasteiger partial charge in [0.25, 0.3) is 5.91 Å². The van der Waals surface area contributed by atoms with Crippen molar-refractivity contribution < 1.29 is 17.9 Å². The minimum absolute atomic E-state index is 0.193. The number of fused-ring (bicyclic) bond motifs is 1. The summed E-state index contributed by atoms with van der Waals surface area (Å²) in [5.74, 6) is -0.193. The Balaban J connectivity index is 1.41. The van der Waals surface area contributed by atoms with Gasteiger partial charge in [0.2, 0.25) is 0 Å². The molecular weight excluding hydrogens is 398 g/mol. The fraction of sp³-hybridized carbons (Fsp3) is 0.316. The molecule has 1 fully saturated rings. The van der Waals surface area contributed by atoms with Gasteiger partial charge in [-0.3, -0.25) is 14.8 Å². The molecule has 3 aromatic heterocycles. The molecule has 1 N–H and O–H groups in total. The van der Waals surface area contributed by atoms with Crippen LogP contribution in [0.15, 0.2) is 47.8 Å². The van der Waals surface area contributed by atoms with Gasteiger partial charge in [-0.1, -0.05) is 0 Å². The van der Waals surface area contributed by atoms with Crippen LogP contribution in [-0.2, 0) is 21.1 Å². The smallest absolute Gasteiger partial charge is 0.261 e. The molecule has 1 amide bonds. The predicted octanol–water partition coefficient (Wildman–Crippen LogP) is 2.57. The molecule has 0 radical (unpaired) electrons. The molecular formula is C19H19N3O4S2. The van der Waals surface area contributed by atoms with Crippen LogP contribution in [-0.4, -0.2) is 42.8 Å². The average molecular weight is 418 g/mol. The summed E-state index contributed by atoms with van der Waals surface area (Å²) in [5.41, 5.74) is 0.599. The molecule has 0 aromatic carbocycles. The first-order valence-corrected chi connectivity index (χ1v) is 11.3. The van der Waals surface area contributed by atoms with Crippen molar-refractivity contribution in [2.75, 3.05) is 13.2 Å². The van der Waals surface area contributed by atoms with Crippen LogP contribution in [0.4, 0.5) is 0 Å². The van der Waals surface area contributed by atoms with Gasteiger partial charge in [-0.25, -0.2) is 8.42 Å². The summed E-state index contributed by atoms with van der Waals surface area (Å²) < 4.78 is 31.5. The van der Waals surface area contributed by atoms with Crippen molar-refractivity contribution in [1.29, 1.82) is 0 Å². The second-order valence-corrected chi connectivity index (χ2v) is 9.86. The highest BCUT2D eigenvalue weighted by atomic mass is 32.2. The van der Waals surface area contributed by atoms with Crippen LogP contribution in [0.2, 0.25) is 0 Å². The number of aromatic nitrogens is 2. The van der Waals surface area contributed by atoms with E-state index in [0.717, 1.165) is 10.1 Å².